The van der Waals surface area contributed by atoms with Crippen LogP contribution in [-0.4, -0.2) is 16.1 Å². The van der Waals surface area contributed by atoms with Crippen LogP contribution in [0.5, 0.6) is 0 Å². The zero-order chi connectivity index (χ0) is 13.0. The first kappa shape index (κ1) is 13.6. The Labute approximate surface area is 111 Å². The van der Waals surface area contributed by atoms with Gasteiger partial charge in [0.1, 0.15) is 0 Å². The quantitative estimate of drug-likeness (QED) is 0.765. The number of imidazole rings is 1. The predicted octanol–water partition coefficient (Wildman–Crippen LogP) is 3.38. The maximum Gasteiger partial charge on any atom is 0.0951 e. The fourth-order valence-corrected chi connectivity index (χ4v) is 2.50. The molecule has 1 saturated carbocycles. The Kier molecular flexibility index (Phi) is 4.81. The number of hydrogen-bond donors (Lipinski definition) is 1. The number of nitrogens with zero attached hydrogens (tertiary/aromatic N) is 2. The molecule has 1 atom stereocenters. The van der Waals surface area contributed by atoms with E-state index in [1.807, 2.05) is 12.5 Å². The van der Waals surface area contributed by atoms with Gasteiger partial charge in [0.05, 0.1) is 12.0 Å². The van der Waals surface area contributed by atoms with Gasteiger partial charge in [-0.25, -0.2) is 4.98 Å². The summed E-state index contributed by atoms with van der Waals surface area (Å²) in [5.41, 5.74) is 1.34. The standard InChI is InChI=1S/C15H27N3/c1-4-14(7-13-5-6-13)18-11-17-10-15(18)9-16-8-12(2)3/h10-14,16H,4-9H2,1-3H3. The molecule has 1 heterocycles. The molecule has 1 aromatic rings. The molecule has 0 bridgehead atoms. The summed E-state index contributed by atoms with van der Waals surface area (Å²) in [6.07, 6.45) is 9.46. The topological polar surface area (TPSA) is 29.9 Å². The third-order valence-electron chi connectivity index (χ3n) is 3.77. The lowest BCUT2D eigenvalue weighted by Crippen LogP contribution is -2.22. The highest BCUT2D eigenvalue weighted by Crippen LogP contribution is 2.38. The summed E-state index contributed by atoms with van der Waals surface area (Å²) in [6, 6.07) is 0.649. The van der Waals surface area contributed by atoms with E-state index in [0.29, 0.717) is 12.0 Å². The van der Waals surface area contributed by atoms with E-state index in [-0.39, 0.29) is 0 Å². The predicted molar refractivity (Wildman–Crippen MR) is 75.4 cm³/mol. The van der Waals surface area contributed by atoms with Crippen LogP contribution in [0.2, 0.25) is 0 Å². The summed E-state index contributed by atoms with van der Waals surface area (Å²) < 4.78 is 2.39. The van der Waals surface area contributed by atoms with Crippen molar-refractivity contribution in [3.63, 3.8) is 0 Å². The van der Waals surface area contributed by atoms with E-state index >= 15 is 0 Å². The normalized spacial score (nSPS) is 17.3. The molecule has 1 aliphatic rings. The minimum atomic E-state index is 0.649. The van der Waals surface area contributed by atoms with E-state index < -0.39 is 0 Å². The fraction of sp³-hybridized carbons (Fsp3) is 0.800. The van der Waals surface area contributed by atoms with Crippen molar-refractivity contribution in [1.82, 2.24) is 14.9 Å². The van der Waals surface area contributed by atoms with Gasteiger partial charge in [-0.3, -0.25) is 0 Å². The second kappa shape index (κ2) is 6.37. The summed E-state index contributed by atoms with van der Waals surface area (Å²) >= 11 is 0. The molecular formula is C15H27N3. The van der Waals surface area contributed by atoms with Crippen molar-refractivity contribution in [2.45, 2.75) is 59.0 Å². The highest BCUT2D eigenvalue weighted by atomic mass is 15.1. The van der Waals surface area contributed by atoms with Crippen molar-refractivity contribution in [2.75, 3.05) is 6.54 Å². The smallest absolute Gasteiger partial charge is 0.0951 e. The van der Waals surface area contributed by atoms with Gasteiger partial charge >= 0.3 is 0 Å². The van der Waals surface area contributed by atoms with E-state index in [9.17, 15) is 0 Å². The first-order valence-electron chi connectivity index (χ1n) is 7.42. The second-order valence-corrected chi connectivity index (χ2v) is 6.06. The Hall–Kier alpha value is -0.830. The summed E-state index contributed by atoms with van der Waals surface area (Å²) in [5.74, 6) is 1.68. The molecule has 2 rings (SSSR count). The van der Waals surface area contributed by atoms with E-state index in [1.54, 1.807) is 0 Å². The van der Waals surface area contributed by atoms with Crippen LogP contribution in [0.25, 0.3) is 0 Å². The Bertz CT molecular complexity index is 352. The van der Waals surface area contributed by atoms with E-state index in [2.05, 4.69) is 35.6 Å². The van der Waals surface area contributed by atoms with Crippen molar-refractivity contribution < 1.29 is 0 Å². The van der Waals surface area contributed by atoms with Crippen molar-refractivity contribution in [3.05, 3.63) is 18.2 Å². The molecule has 1 unspecified atom stereocenters. The molecule has 0 saturated heterocycles. The van der Waals surface area contributed by atoms with Gasteiger partial charge in [0.15, 0.2) is 0 Å². The van der Waals surface area contributed by atoms with Crippen LogP contribution in [0.3, 0.4) is 0 Å². The molecule has 1 aromatic heterocycles. The first-order valence-corrected chi connectivity index (χ1v) is 7.42. The largest absolute Gasteiger partial charge is 0.330 e. The lowest BCUT2D eigenvalue weighted by Gasteiger charge is -2.20. The molecule has 1 aliphatic carbocycles. The lowest BCUT2D eigenvalue weighted by atomic mass is 10.1. The molecule has 0 amide bonds. The maximum absolute atomic E-state index is 4.34. The third kappa shape index (κ3) is 3.84. The molecule has 0 spiro atoms. The summed E-state index contributed by atoms with van der Waals surface area (Å²) in [5, 5.41) is 3.51. The van der Waals surface area contributed by atoms with Crippen molar-refractivity contribution in [2.24, 2.45) is 11.8 Å². The summed E-state index contributed by atoms with van der Waals surface area (Å²) in [4.78, 5) is 4.34. The van der Waals surface area contributed by atoms with E-state index in [0.717, 1.165) is 19.0 Å². The average Bonchev–Trinajstić information content (AvgIpc) is 3.04. The number of rotatable bonds is 8. The molecule has 18 heavy (non-hydrogen) atoms. The molecule has 0 aromatic carbocycles. The van der Waals surface area contributed by atoms with Gasteiger partial charge in [-0.05, 0) is 31.2 Å². The SMILES string of the molecule is CCC(CC1CC1)n1cncc1CNCC(C)C. The summed E-state index contributed by atoms with van der Waals surface area (Å²) in [6.45, 7) is 8.79. The van der Waals surface area contributed by atoms with Crippen molar-refractivity contribution in [1.29, 1.82) is 0 Å². The molecule has 102 valence electrons. The first-order chi connectivity index (χ1) is 8.70. The second-order valence-electron chi connectivity index (χ2n) is 6.06. The van der Waals surface area contributed by atoms with Gasteiger partial charge in [-0.15, -0.1) is 0 Å². The monoisotopic (exact) mass is 249 g/mol. The van der Waals surface area contributed by atoms with Crippen LogP contribution in [-0.2, 0) is 6.54 Å². The molecular weight excluding hydrogens is 222 g/mol. The molecule has 1 fully saturated rings. The zero-order valence-electron chi connectivity index (χ0n) is 12.0. The Morgan fingerprint density at radius 3 is 2.83 bits per heavy atom. The fourth-order valence-electron chi connectivity index (χ4n) is 2.50. The van der Waals surface area contributed by atoms with Crippen LogP contribution < -0.4 is 5.32 Å². The lowest BCUT2D eigenvalue weighted by molar-refractivity contribution is 0.411. The highest BCUT2D eigenvalue weighted by Gasteiger charge is 2.26. The van der Waals surface area contributed by atoms with Crippen LogP contribution in [0.4, 0.5) is 0 Å². The van der Waals surface area contributed by atoms with Gasteiger partial charge in [0, 0.05) is 18.8 Å². The minimum Gasteiger partial charge on any atom is -0.330 e. The Balaban J connectivity index is 1.91. The van der Waals surface area contributed by atoms with Crippen molar-refractivity contribution >= 4 is 0 Å². The molecule has 1 N–H and O–H groups in total. The van der Waals surface area contributed by atoms with E-state index in [1.165, 1.54) is 31.4 Å². The van der Waals surface area contributed by atoms with Crippen molar-refractivity contribution in [3.8, 4) is 0 Å². The van der Waals surface area contributed by atoms with Gasteiger partial charge < -0.3 is 9.88 Å². The Morgan fingerprint density at radius 2 is 2.22 bits per heavy atom. The molecule has 3 nitrogen and oxygen atoms in total. The molecule has 3 heteroatoms. The summed E-state index contributed by atoms with van der Waals surface area (Å²) in [7, 11) is 0. The van der Waals surface area contributed by atoms with E-state index in [4.69, 9.17) is 0 Å². The van der Waals surface area contributed by atoms with Crippen LogP contribution in [0.1, 0.15) is 58.2 Å². The number of nitrogens with one attached hydrogen (secondary N) is 1. The van der Waals surface area contributed by atoms with Gasteiger partial charge in [0.2, 0.25) is 0 Å². The maximum atomic E-state index is 4.34. The minimum absolute atomic E-state index is 0.649. The van der Waals surface area contributed by atoms with Crippen LogP contribution in [0, 0.1) is 11.8 Å². The zero-order valence-corrected chi connectivity index (χ0v) is 12.0. The Morgan fingerprint density at radius 1 is 1.44 bits per heavy atom. The molecule has 0 aliphatic heterocycles. The molecule has 0 radical (unpaired) electrons. The van der Waals surface area contributed by atoms with Crippen LogP contribution >= 0.6 is 0 Å². The van der Waals surface area contributed by atoms with Gasteiger partial charge in [-0.1, -0.05) is 33.6 Å². The number of aromatic nitrogens is 2. The number of hydrogen-bond acceptors (Lipinski definition) is 2. The van der Waals surface area contributed by atoms with Gasteiger partial charge in [0.25, 0.3) is 0 Å². The average molecular weight is 249 g/mol. The van der Waals surface area contributed by atoms with Crippen LogP contribution in [0.15, 0.2) is 12.5 Å². The highest BCUT2D eigenvalue weighted by molar-refractivity contribution is 5.01. The van der Waals surface area contributed by atoms with Gasteiger partial charge in [-0.2, -0.15) is 0 Å². The third-order valence-corrected chi connectivity index (χ3v) is 3.77.